The Morgan fingerprint density at radius 3 is 2.40 bits per heavy atom. The van der Waals surface area contributed by atoms with Crippen molar-refractivity contribution in [3.8, 4) is 0 Å². The van der Waals surface area contributed by atoms with Crippen LogP contribution >= 0.6 is 15.9 Å². The summed E-state index contributed by atoms with van der Waals surface area (Å²) < 4.78 is 0.450. The number of benzene rings is 1. The van der Waals surface area contributed by atoms with Crippen molar-refractivity contribution in [2.24, 2.45) is 0 Å². The maximum atomic E-state index is 7.29. The summed E-state index contributed by atoms with van der Waals surface area (Å²) in [6.07, 6.45) is 0. The molecule has 0 saturated carbocycles. The summed E-state index contributed by atoms with van der Waals surface area (Å²) >= 11 is 3.12. The monoisotopic (exact) mass is 197 g/mol. The van der Waals surface area contributed by atoms with Gasteiger partial charge in [0.1, 0.15) is 4.62 Å². The van der Waals surface area contributed by atoms with Gasteiger partial charge in [0, 0.05) is 5.56 Å². The standard InChI is InChI=1S/C8H8BrN/c1-6-4-2-3-5-7(6)8(9)10/h2-5,10H,1H3. The number of aryl methyl sites for hydroxylation is 1. The minimum Gasteiger partial charge on any atom is -0.293 e. The lowest BCUT2D eigenvalue weighted by atomic mass is 10.1. The van der Waals surface area contributed by atoms with Crippen LogP contribution in [0.3, 0.4) is 0 Å². The van der Waals surface area contributed by atoms with Gasteiger partial charge in [0.25, 0.3) is 0 Å². The SMILES string of the molecule is Cc1ccccc1C(=N)Br. The van der Waals surface area contributed by atoms with E-state index in [0.717, 1.165) is 11.1 Å². The van der Waals surface area contributed by atoms with Gasteiger partial charge < -0.3 is 0 Å². The normalized spacial score (nSPS) is 9.40. The van der Waals surface area contributed by atoms with E-state index in [1.807, 2.05) is 31.2 Å². The molecule has 0 aliphatic rings. The van der Waals surface area contributed by atoms with Crippen molar-refractivity contribution < 1.29 is 0 Å². The number of hydrogen-bond acceptors (Lipinski definition) is 1. The lowest BCUT2D eigenvalue weighted by Crippen LogP contribution is -1.90. The Morgan fingerprint density at radius 2 is 2.00 bits per heavy atom. The lowest BCUT2D eigenvalue weighted by molar-refractivity contribution is 1.43. The van der Waals surface area contributed by atoms with Gasteiger partial charge in [0.15, 0.2) is 0 Å². The quantitative estimate of drug-likeness (QED) is 0.671. The first-order chi connectivity index (χ1) is 4.72. The van der Waals surface area contributed by atoms with Crippen molar-refractivity contribution in [2.45, 2.75) is 6.92 Å². The van der Waals surface area contributed by atoms with Gasteiger partial charge in [0.05, 0.1) is 0 Å². The third kappa shape index (κ3) is 1.45. The van der Waals surface area contributed by atoms with Crippen molar-refractivity contribution in [2.75, 3.05) is 0 Å². The minimum absolute atomic E-state index is 0.450. The summed E-state index contributed by atoms with van der Waals surface area (Å²) in [4.78, 5) is 0. The highest BCUT2D eigenvalue weighted by atomic mass is 79.9. The first kappa shape index (κ1) is 7.48. The molecule has 0 heterocycles. The smallest absolute Gasteiger partial charge is 0.104 e. The van der Waals surface area contributed by atoms with Crippen molar-refractivity contribution >= 4 is 20.6 Å². The zero-order valence-electron chi connectivity index (χ0n) is 5.69. The van der Waals surface area contributed by atoms with Crippen LogP contribution < -0.4 is 0 Å². The topological polar surface area (TPSA) is 23.9 Å². The van der Waals surface area contributed by atoms with E-state index in [4.69, 9.17) is 5.41 Å². The van der Waals surface area contributed by atoms with Gasteiger partial charge in [0.2, 0.25) is 0 Å². The summed E-state index contributed by atoms with van der Waals surface area (Å²) in [5.74, 6) is 0. The zero-order chi connectivity index (χ0) is 7.56. The van der Waals surface area contributed by atoms with E-state index in [0.29, 0.717) is 4.62 Å². The van der Waals surface area contributed by atoms with Crippen molar-refractivity contribution in [3.63, 3.8) is 0 Å². The zero-order valence-corrected chi connectivity index (χ0v) is 7.27. The molecular formula is C8H8BrN. The van der Waals surface area contributed by atoms with Crippen LogP contribution in [-0.4, -0.2) is 4.62 Å². The summed E-state index contributed by atoms with van der Waals surface area (Å²) in [6.45, 7) is 1.99. The summed E-state index contributed by atoms with van der Waals surface area (Å²) in [6, 6.07) is 7.81. The number of nitrogens with one attached hydrogen (secondary N) is 1. The average molecular weight is 198 g/mol. The molecule has 52 valence electrons. The van der Waals surface area contributed by atoms with Gasteiger partial charge in [-0.25, -0.2) is 0 Å². The van der Waals surface area contributed by atoms with E-state index >= 15 is 0 Å². The molecule has 10 heavy (non-hydrogen) atoms. The maximum Gasteiger partial charge on any atom is 0.104 e. The summed E-state index contributed by atoms with van der Waals surface area (Å²) in [5.41, 5.74) is 2.09. The number of hydrogen-bond donors (Lipinski definition) is 1. The molecular weight excluding hydrogens is 190 g/mol. The molecule has 0 spiro atoms. The molecule has 0 aliphatic carbocycles. The Kier molecular flexibility index (Phi) is 2.22. The Bertz CT molecular complexity index is 255. The second-order valence-electron chi connectivity index (χ2n) is 2.13. The van der Waals surface area contributed by atoms with Crippen LogP contribution in [0.4, 0.5) is 0 Å². The fourth-order valence-corrected chi connectivity index (χ4v) is 1.26. The molecule has 0 aromatic heterocycles. The summed E-state index contributed by atoms with van der Waals surface area (Å²) in [7, 11) is 0. The Balaban J connectivity index is 3.15. The largest absolute Gasteiger partial charge is 0.293 e. The van der Waals surface area contributed by atoms with Gasteiger partial charge >= 0.3 is 0 Å². The minimum atomic E-state index is 0.450. The lowest BCUT2D eigenvalue weighted by Gasteiger charge is -1.99. The van der Waals surface area contributed by atoms with Crippen molar-refractivity contribution in [1.82, 2.24) is 0 Å². The summed E-state index contributed by atoms with van der Waals surface area (Å²) in [5, 5.41) is 7.29. The predicted molar refractivity (Wildman–Crippen MR) is 46.9 cm³/mol. The van der Waals surface area contributed by atoms with Crippen LogP contribution in [0.1, 0.15) is 11.1 Å². The number of rotatable bonds is 1. The molecule has 0 unspecified atom stereocenters. The molecule has 0 aliphatic heterocycles. The first-order valence-corrected chi connectivity index (χ1v) is 3.81. The molecule has 0 radical (unpaired) electrons. The van der Waals surface area contributed by atoms with E-state index in [-0.39, 0.29) is 0 Å². The van der Waals surface area contributed by atoms with Gasteiger partial charge in [-0.2, -0.15) is 0 Å². The van der Waals surface area contributed by atoms with E-state index < -0.39 is 0 Å². The fourth-order valence-electron chi connectivity index (χ4n) is 0.819. The van der Waals surface area contributed by atoms with Crippen LogP contribution in [0.5, 0.6) is 0 Å². The highest BCUT2D eigenvalue weighted by Gasteiger charge is 1.97. The molecule has 0 atom stereocenters. The molecule has 0 fully saturated rings. The Hall–Kier alpha value is -0.630. The second kappa shape index (κ2) is 2.97. The Labute approximate surface area is 68.7 Å². The van der Waals surface area contributed by atoms with Gasteiger partial charge in [-0.15, -0.1) is 0 Å². The molecule has 1 nitrogen and oxygen atoms in total. The molecule has 1 aromatic carbocycles. The first-order valence-electron chi connectivity index (χ1n) is 3.02. The third-order valence-corrected chi connectivity index (χ3v) is 1.81. The molecule has 2 heteroatoms. The van der Waals surface area contributed by atoms with Crippen LogP contribution in [0.2, 0.25) is 0 Å². The van der Waals surface area contributed by atoms with E-state index in [1.165, 1.54) is 0 Å². The van der Waals surface area contributed by atoms with Gasteiger partial charge in [-0.05, 0) is 28.4 Å². The van der Waals surface area contributed by atoms with Gasteiger partial charge in [-0.1, -0.05) is 24.3 Å². The van der Waals surface area contributed by atoms with Crippen molar-refractivity contribution in [1.29, 1.82) is 5.41 Å². The van der Waals surface area contributed by atoms with Crippen LogP contribution in [-0.2, 0) is 0 Å². The number of halogens is 1. The second-order valence-corrected chi connectivity index (χ2v) is 2.92. The van der Waals surface area contributed by atoms with Crippen LogP contribution in [0.15, 0.2) is 24.3 Å². The van der Waals surface area contributed by atoms with Crippen molar-refractivity contribution in [3.05, 3.63) is 35.4 Å². The van der Waals surface area contributed by atoms with Gasteiger partial charge in [-0.3, -0.25) is 5.41 Å². The molecule has 1 rings (SSSR count). The molecule has 0 amide bonds. The fraction of sp³-hybridized carbons (Fsp3) is 0.125. The Morgan fingerprint density at radius 1 is 1.40 bits per heavy atom. The molecule has 1 N–H and O–H groups in total. The molecule has 0 bridgehead atoms. The average Bonchev–Trinajstić information content (AvgIpc) is 1.88. The van der Waals surface area contributed by atoms with E-state index in [1.54, 1.807) is 0 Å². The highest BCUT2D eigenvalue weighted by Crippen LogP contribution is 2.10. The highest BCUT2D eigenvalue weighted by molar-refractivity contribution is 9.18. The van der Waals surface area contributed by atoms with Crippen LogP contribution in [0, 0.1) is 12.3 Å². The molecule has 1 aromatic rings. The predicted octanol–water partition coefficient (Wildman–Crippen LogP) is 2.72. The van der Waals surface area contributed by atoms with Crippen LogP contribution in [0.25, 0.3) is 0 Å². The maximum absolute atomic E-state index is 7.29. The van der Waals surface area contributed by atoms with E-state index in [9.17, 15) is 0 Å². The van der Waals surface area contributed by atoms with E-state index in [2.05, 4.69) is 15.9 Å². The third-order valence-electron chi connectivity index (χ3n) is 1.38. The molecule has 0 saturated heterocycles.